The van der Waals surface area contributed by atoms with Gasteiger partial charge in [0.1, 0.15) is 6.54 Å². The summed E-state index contributed by atoms with van der Waals surface area (Å²) in [6, 6.07) is 7.33. The number of carbonyl (C=O) groups is 1. The van der Waals surface area contributed by atoms with Crippen LogP contribution in [0.5, 0.6) is 0 Å². The van der Waals surface area contributed by atoms with E-state index in [-0.39, 0.29) is 17.9 Å². The van der Waals surface area contributed by atoms with Crippen molar-refractivity contribution in [3.63, 3.8) is 0 Å². The number of unbranched alkanes of at least 4 members (excludes halogenated alkanes) is 2. The molecule has 24 heavy (non-hydrogen) atoms. The Morgan fingerprint density at radius 1 is 1.12 bits per heavy atom. The summed E-state index contributed by atoms with van der Waals surface area (Å²) in [5.41, 5.74) is 1.61. The lowest BCUT2D eigenvalue weighted by molar-refractivity contribution is -0.119. The standard InChI is InChI=1S/C18H30N2O3S/c1-6-7-8-13-19-17(21)14-20(24(5,22)23)16-11-9-15(10-12-16)18(2,3)4/h9-12H,6-8,13-14H2,1-5H3,(H,19,21). The summed E-state index contributed by atoms with van der Waals surface area (Å²) in [5.74, 6) is -0.281. The van der Waals surface area contributed by atoms with E-state index < -0.39 is 10.0 Å². The number of anilines is 1. The Labute approximate surface area is 146 Å². The Morgan fingerprint density at radius 3 is 2.17 bits per heavy atom. The molecule has 0 saturated heterocycles. The molecule has 0 heterocycles. The molecule has 5 nitrogen and oxygen atoms in total. The number of amides is 1. The highest BCUT2D eigenvalue weighted by atomic mass is 32.2. The van der Waals surface area contributed by atoms with E-state index in [9.17, 15) is 13.2 Å². The number of carbonyl (C=O) groups excluding carboxylic acids is 1. The van der Waals surface area contributed by atoms with E-state index in [1.165, 1.54) is 0 Å². The predicted molar refractivity (Wildman–Crippen MR) is 99.9 cm³/mol. The second-order valence-electron chi connectivity index (χ2n) is 7.12. The zero-order valence-electron chi connectivity index (χ0n) is 15.4. The molecule has 1 aromatic carbocycles. The average Bonchev–Trinajstić information content (AvgIpc) is 2.47. The van der Waals surface area contributed by atoms with Crippen LogP contribution in [0, 0.1) is 0 Å². The maximum absolute atomic E-state index is 12.1. The summed E-state index contributed by atoms with van der Waals surface area (Å²) in [5, 5.41) is 2.78. The summed E-state index contributed by atoms with van der Waals surface area (Å²) < 4.78 is 25.3. The van der Waals surface area contributed by atoms with Crippen LogP contribution >= 0.6 is 0 Å². The maximum Gasteiger partial charge on any atom is 0.240 e. The van der Waals surface area contributed by atoms with E-state index in [0.29, 0.717) is 12.2 Å². The molecule has 0 aliphatic rings. The minimum absolute atomic E-state index is 0.00883. The number of hydrogen-bond donors (Lipinski definition) is 1. The normalized spacial score (nSPS) is 12.0. The van der Waals surface area contributed by atoms with Crippen LogP contribution in [0.3, 0.4) is 0 Å². The highest BCUT2D eigenvalue weighted by molar-refractivity contribution is 7.92. The lowest BCUT2D eigenvalue weighted by Crippen LogP contribution is -2.40. The molecular formula is C18H30N2O3S. The van der Waals surface area contributed by atoms with Crippen LogP contribution in [0.25, 0.3) is 0 Å². The number of rotatable bonds is 8. The van der Waals surface area contributed by atoms with Crippen molar-refractivity contribution in [3.8, 4) is 0 Å². The molecule has 0 spiro atoms. The molecule has 0 radical (unpaired) electrons. The fourth-order valence-electron chi connectivity index (χ4n) is 2.32. The summed E-state index contributed by atoms with van der Waals surface area (Å²) in [7, 11) is -3.52. The third-order valence-electron chi connectivity index (χ3n) is 3.81. The van der Waals surface area contributed by atoms with Gasteiger partial charge in [0.15, 0.2) is 0 Å². The molecule has 1 aromatic rings. The number of nitrogens with one attached hydrogen (secondary N) is 1. The van der Waals surface area contributed by atoms with Crippen LogP contribution in [0.15, 0.2) is 24.3 Å². The van der Waals surface area contributed by atoms with Crippen molar-refractivity contribution in [1.82, 2.24) is 5.32 Å². The van der Waals surface area contributed by atoms with Gasteiger partial charge >= 0.3 is 0 Å². The first-order valence-corrected chi connectivity index (χ1v) is 10.3. The third kappa shape index (κ3) is 6.51. The monoisotopic (exact) mass is 354 g/mol. The molecule has 1 amide bonds. The lowest BCUT2D eigenvalue weighted by atomic mass is 9.87. The second-order valence-corrected chi connectivity index (χ2v) is 9.03. The highest BCUT2D eigenvalue weighted by Gasteiger charge is 2.21. The van der Waals surface area contributed by atoms with Crippen molar-refractivity contribution in [2.24, 2.45) is 0 Å². The third-order valence-corrected chi connectivity index (χ3v) is 4.95. The average molecular weight is 355 g/mol. The number of benzene rings is 1. The van der Waals surface area contributed by atoms with Crippen molar-refractivity contribution in [2.75, 3.05) is 23.7 Å². The van der Waals surface area contributed by atoms with E-state index in [1.807, 2.05) is 12.1 Å². The van der Waals surface area contributed by atoms with Gasteiger partial charge in [-0.15, -0.1) is 0 Å². The first-order chi connectivity index (χ1) is 11.1. The van der Waals surface area contributed by atoms with Gasteiger partial charge in [0.2, 0.25) is 15.9 Å². The Balaban J connectivity index is 2.85. The molecule has 0 aromatic heterocycles. The molecule has 0 bridgehead atoms. The molecule has 0 atom stereocenters. The molecular weight excluding hydrogens is 324 g/mol. The van der Waals surface area contributed by atoms with Crippen LogP contribution < -0.4 is 9.62 Å². The van der Waals surface area contributed by atoms with Crippen LogP contribution in [0.2, 0.25) is 0 Å². The highest BCUT2D eigenvalue weighted by Crippen LogP contribution is 2.25. The molecule has 0 unspecified atom stereocenters. The molecule has 0 fully saturated rings. The van der Waals surface area contributed by atoms with Crippen molar-refractivity contribution in [1.29, 1.82) is 0 Å². The van der Waals surface area contributed by atoms with Crippen LogP contribution in [0.4, 0.5) is 5.69 Å². The maximum atomic E-state index is 12.1. The Hall–Kier alpha value is -1.56. The molecule has 6 heteroatoms. The van der Waals surface area contributed by atoms with Crippen molar-refractivity contribution in [2.45, 2.75) is 52.4 Å². The molecule has 0 saturated carbocycles. The first-order valence-electron chi connectivity index (χ1n) is 8.40. The van der Waals surface area contributed by atoms with E-state index in [0.717, 1.165) is 35.4 Å². The Bertz CT molecular complexity index is 631. The second kappa shape index (κ2) is 8.51. The molecule has 0 aliphatic carbocycles. The SMILES string of the molecule is CCCCCNC(=O)CN(c1ccc(C(C)(C)C)cc1)S(C)(=O)=O. The van der Waals surface area contributed by atoms with Gasteiger partial charge in [-0.3, -0.25) is 9.10 Å². The smallest absolute Gasteiger partial charge is 0.240 e. The van der Waals surface area contributed by atoms with Gasteiger partial charge in [-0.1, -0.05) is 52.7 Å². The Kier molecular flexibility index (Phi) is 7.27. The first kappa shape index (κ1) is 20.5. The molecule has 0 aliphatic heterocycles. The fourth-order valence-corrected chi connectivity index (χ4v) is 3.17. The Morgan fingerprint density at radius 2 is 1.71 bits per heavy atom. The molecule has 1 N–H and O–H groups in total. The van der Waals surface area contributed by atoms with Gasteiger partial charge in [0.25, 0.3) is 0 Å². The van der Waals surface area contributed by atoms with Gasteiger partial charge in [0, 0.05) is 6.54 Å². The van der Waals surface area contributed by atoms with E-state index >= 15 is 0 Å². The van der Waals surface area contributed by atoms with E-state index in [4.69, 9.17) is 0 Å². The predicted octanol–water partition coefficient (Wildman–Crippen LogP) is 3.06. The largest absolute Gasteiger partial charge is 0.355 e. The molecule has 1 rings (SSSR count). The summed E-state index contributed by atoms with van der Waals surface area (Å²) in [4.78, 5) is 12.0. The molecule has 136 valence electrons. The van der Waals surface area contributed by atoms with Crippen molar-refractivity contribution >= 4 is 21.6 Å². The van der Waals surface area contributed by atoms with E-state index in [2.05, 4.69) is 33.0 Å². The van der Waals surface area contributed by atoms with Crippen LogP contribution in [-0.2, 0) is 20.2 Å². The summed E-state index contributed by atoms with van der Waals surface area (Å²) >= 11 is 0. The van der Waals surface area contributed by atoms with Gasteiger partial charge in [0.05, 0.1) is 11.9 Å². The van der Waals surface area contributed by atoms with Crippen molar-refractivity contribution in [3.05, 3.63) is 29.8 Å². The number of nitrogens with zero attached hydrogens (tertiary/aromatic N) is 1. The van der Waals surface area contributed by atoms with Gasteiger partial charge in [-0.25, -0.2) is 8.42 Å². The fraction of sp³-hybridized carbons (Fsp3) is 0.611. The van der Waals surface area contributed by atoms with Crippen LogP contribution in [-0.4, -0.2) is 33.7 Å². The topological polar surface area (TPSA) is 66.5 Å². The zero-order chi connectivity index (χ0) is 18.4. The minimum atomic E-state index is -3.52. The number of hydrogen-bond acceptors (Lipinski definition) is 3. The number of sulfonamides is 1. The minimum Gasteiger partial charge on any atom is -0.355 e. The summed E-state index contributed by atoms with van der Waals surface area (Å²) in [6.45, 7) is 8.77. The quantitative estimate of drug-likeness (QED) is 0.730. The lowest BCUT2D eigenvalue weighted by Gasteiger charge is -2.24. The van der Waals surface area contributed by atoms with Gasteiger partial charge < -0.3 is 5.32 Å². The van der Waals surface area contributed by atoms with Gasteiger partial charge in [-0.2, -0.15) is 0 Å². The van der Waals surface area contributed by atoms with Crippen LogP contribution in [0.1, 0.15) is 52.5 Å². The van der Waals surface area contributed by atoms with Crippen molar-refractivity contribution < 1.29 is 13.2 Å². The van der Waals surface area contributed by atoms with E-state index in [1.54, 1.807) is 12.1 Å². The summed E-state index contributed by atoms with van der Waals surface area (Å²) in [6.07, 6.45) is 4.15. The van der Waals surface area contributed by atoms with Gasteiger partial charge in [-0.05, 0) is 29.5 Å². The zero-order valence-corrected chi connectivity index (χ0v) is 16.2.